The zero-order valence-electron chi connectivity index (χ0n) is 19.0. The molecule has 0 aromatic heterocycles. The van der Waals surface area contributed by atoms with E-state index in [-0.39, 0.29) is 17.4 Å². The lowest BCUT2D eigenvalue weighted by atomic mass is 9.67. The summed E-state index contributed by atoms with van der Waals surface area (Å²) in [6.45, 7) is 6.19. The molecule has 3 aliphatic carbocycles. The Bertz CT molecular complexity index is 746. The average molecular weight is 431 g/mol. The largest absolute Gasteiger partial charge is 0.389 e. The summed E-state index contributed by atoms with van der Waals surface area (Å²) in [5.41, 5.74) is 4.11. The summed E-state index contributed by atoms with van der Waals surface area (Å²) in [4.78, 5) is 0. The second-order valence-electron chi connectivity index (χ2n) is 11.2. The van der Waals surface area contributed by atoms with Crippen LogP contribution in [0.3, 0.4) is 0 Å². The molecule has 0 amide bonds. The molecule has 3 saturated carbocycles. The van der Waals surface area contributed by atoms with Crippen LogP contribution in [0.25, 0.3) is 0 Å². The first-order chi connectivity index (χ1) is 14.8. The minimum absolute atomic E-state index is 0.00193. The number of hydrogen-bond acceptors (Lipinski definition) is 5. The minimum Gasteiger partial charge on any atom is -0.389 e. The van der Waals surface area contributed by atoms with Crippen LogP contribution in [0.2, 0.25) is 0 Å². The molecular formula is C26H38O5. The molecule has 3 saturated heterocycles. The predicted molar refractivity (Wildman–Crippen MR) is 117 cm³/mol. The molecular weight excluding hydrogens is 392 g/mol. The van der Waals surface area contributed by atoms with Crippen LogP contribution in [0.4, 0.5) is 0 Å². The van der Waals surface area contributed by atoms with E-state index in [0.29, 0.717) is 44.0 Å². The quantitative estimate of drug-likeness (QED) is 0.491. The fraction of sp³-hybridized carbons (Fsp3) is 0.808. The van der Waals surface area contributed by atoms with E-state index in [1.807, 2.05) is 13.0 Å². The van der Waals surface area contributed by atoms with Crippen molar-refractivity contribution in [2.24, 2.45) is 29.1 Å². The highest BCUT2D eigenvalue weighted by Crippen LogP contribution is 2.58. The number of hydrogen-bond donors (Lipinski definition) is 2. The first-order valence-electron chi connectivity index (χ1n) is 12.2. The van der Waals surface area contributed by atoms with Gasteiger partial charge in [0.15, 0.2) is 0 Å². The normalized spacial score (nSPS) is 45.5. The molecule has 0 radical (unpaired) electrons. The maximum atomic E-state index is 11.1. The number of allylic oxidation sites excluding steroid dienone is 1. The SMILES string of the molecule is CC12COC(CCC=C=C3C[C@@H]4[C@H]3C[C@@H](C=C[C@H](O)C3CCCC3)[C@]4(C)O)(OC1)OC2. The monoisotopic (exact) mass is 430 g/mol. The van der Waals surface area contributed by atoms with E-state index in [0.717, 1.165) is 32.1 Å². The molecule has 31 heavy (non-hydrogen) atoms. The smallest absolute Gasteiger partial charge is 0.283 e. The van der Waals surface area contributed by atoms with Gasteiger partial charge in [-0.1, -0.05) is 31.9 Å². The fourth-order valence-corrected chi connectivity index (χ4v) is 6.24. The summed E-state index contributed by atoms with van der Waals surface area (Å²) in [5, 5.41) is 21.6. The lowest BCUT2D eigenvalue weighted by Crippen LogP contribution is -2.58. The summed E-state index contributed by atoms with van der Waals surface area (Å²) in [7, 11) is 0. The van der Waals surface area contributed by atoms with Crippen LogP contribution in [-0.2, 0) is 14.2 Å². The van der Waals surface area contributed by atoms with Gasteiger partial charge in [-0.15, -0.1) is 5.73 Å². The van der Waals surface area contributed by atoms with Gasteiger partial charge in [-0.05, 0) is 68.4 Å². The number of rotatable bonds is 6. The van der Waals surface area contributed by atoms with Crippen molar-refractivity contribution in [3.63, 3.8) is 0 Å². The molecule has 5 atom stereocenters. The third-order valence-electron chi connectivity index (χ3n) is 8.61. The lowest BCUT2D eigenvalue weighted by molar-refractivity contribution is -0.467. The van der Waals surface area contributed by atoms with Gasteiger partial charge in [0.1, 0.15) is 0 Å². The van der Waals surface area contributed by atoms with Gasteiger partial charge in [-0.25, -0.2) is 0 Å². The standard InChI is InChI=1S/C26H38O5/c1-24-15-29-26(30-16-24,31-17-24)12-6-5-9-19-13-22-21(19)14-20(25(22,2)28)10-11-23(27)18-7-3-4-8-18/h5,10-11,18,20-23,27-28H,3-4,6-8,12-17H2,1-2H3/t9?,20-,21+,22-,23+,24?,25+,26?/m1/s1. The Morgan fingerprint density at radius 2 is 1.81 bits per heavy atom. The van der Waals surface area contributed by atoms with Crippen LogP contribution in [0.5, 0.6) is 0 Å². The van der Waals surface area contributed by atoms with Crippen LogP contribution in [-0.4, -0.2) is 47.7 Å². The van der Waals surface area contributed by atoms with Crippen molar-refractivity contribution >= 4 is 0 Å². The number of aliphatic hydroxyl groups is 2. The van der Waals surface area contributed by atoms with Crippen molar-refractivity contribution in [1.29, 1.82) is 0 Å². The third kappa shape index (κ3) is 4.10. The van der Waals surface area contributed by atoms with Crippen LogP contribution < -0.4 is 0 Å². The molecule has 5 heteroatoms. The van der Waals surface area contributed by atoms with E-state index < -0.39 is 11.6 Å². The van der Waals surface area contributed by atoms with Crippen LogP contribution >= 0.6 is 0 Å². The summed E-state index contributed by atoms with van der Waals surface area (Å²) in [6.07, 6.45) is 13.8. The van der Waals surface area contributed by atoms with Gasteiger partial charge in [-0.3, -0.25) is 0 Å². The van der Waals surface area contributed by atoms with Gasteiger partial charge in [0.2, 0.25) is 0 Å². The minimum atomic E-state index is -0.865. The van der Waals surface area contributed by atoms with Gasteiger partial charge >= 0.3 is 0 Å². The Labute approximate surface area is 186 Å². The van der Waals surface area contributed by atoms with Crippen LogP contribution in [0.1, 0.15) is 65.2 Å². The van der Waals surface area contributed by atoms with Gasteiger partial charge in [-0.2, -0.15) is 0 Å². The molecule has 0 unspecified atom stereocenters. The zero-order valence-corrected chi connectivity index (χ0v) is 19.0. The summed E-state index contributed by atoms with van der Waals surface area (Å²) >= 11 is 0. The molecule has 5 nitrogen and oxygen atoms in total. The maximum absolute atomic E-state index is 11.1. The van der Waals surface area contributed by atoms with Crippen molar-refractivity contribution in [1.82, 2.24) is 0 Å². The molecule has 172 valence electrons. The van der Waals surface area contributed by atoms with E-state index in [1.54, 1.807) is 0 Å². The number of fused-ring (bicyclic) bond motifs is 4. The molecule has 0 aromatic carbocycles. The zero-order chi connectivity index (χ0) is 21.7. The topological polar surface area (TPSA) is 68.2 Å². The highest BCUT2D eigenvalue weighted by Gasteiger charge is 2.56. The van der Waals surface area contributed by atoms with Gasteiger partial charge in [0.05, 0.1) is 31.5 Å². The molecule has 2 N–H and O–H groups in total. The average Bonchev–Trinajstić information content (AvgIpc) is 3.33. The summed E-state index contributed by atoms with van der Waals surface area (Å²) in [5.74, 6) is 0.332. The van der Waals surface area contributed by atoms with Crippen LogP contribution in [0, 0.1) is 29.1 Å². The van der Waals surface area contributed by atoms with E-state index >= 15 is 0 Å². The molecule has 6 aliphatic rings. The molecule has 3 heterocycles. The van der Waals surface area contributed by atoms with Crippen LogP contribution in [0.15, 0.2) is 29.5 Å². The highest BCUT2D eigenvalue weighted by atomic mass is 16.9. The first kappa shape index (κ1) is 21.9. The Morgan fingerprint density at radius 1 is 1.13 bits per heavy atom. The second kappa shape index (κ2) is 8.13. The van der Waals surface area contributed by atoms with Gasteiger partial charge in [0.25, 0.3) is 5.97 Å². The number of aliphatic hydroxyl groups excluding tert-OH is 1. The van der Waals surface area contributed by atoms with Crippen molar-refractivity contribution in [2.75, 3.05) is 19.8 Å². The highest BCUT2D eigenvalue weighted by molar-refractivity contribution is 5.28. The van der Waals surface area contributed by atoms with Gasteiger partial charge < -0.3 is 24.4 Å². The van der Waals surface area contributed by atoms with E-state index in [4.69, 9.17) is 14.2 Å². The molecule has 2 bridgehead atoms. The Morgan fingerprint density at radius 3 is 2.48 bits per heavy atom. The van der Waals surface area contributed by atoms with E-state index in [9.17, 15) is 10.2 Å². The Balaban J connectivity index is 1.16. The number of ether oxygens (including phenoxy) is 3. The first-order valence-corrected chi connectivity index (χ1v) is 12.2. The van der Waals surface area contributed by atoms with Crippen molar-refractivity contribution < 1.29 is 24.4 Å². The molecule has 6 fully saturated rings. The maximum Gasteiger partial charge on any atom is 0.283 e. The molecule has 0 aromatic rings. The van der Waals surface area contributed by atoms with Crippen molar-refractivity contribution in [3.05, 3.63) is 29.5 Å². The van der Waals surface area contributed by atoms with E-state index in [1.165, 1.54) is 18.4 Å². The summed E-state index contributed by atoms with van der Waals surface area (Å²) < 4.78 is 17.5. The molecule has 0 spiro atoms. The van der Waals surface area contributed by atoms with Crippen molar-refractivity contribution in [2.45, 2.75) is 82.9 Å². The third-order valence-corrected chi connectivity index (χ3v) is 8.61. The Hall–Kier alpha value is -0.940. The second-order valence-corrected chi connectivity index (χ2v) is 11.2. The van der Waals surface area contributed by atoms with E-state index in [2.05, 4.69) is 24.8 Å². The summed E-state index contributed by atoms with van der Waals surface area (Å²) in [6, 6.07) is 0. The Kier molecular flexibility index (Phi) is 5.74. The lowest BCUT2D eigenvalue weighted by Gasteiger charge is -2.50. The molecule has 6 rings (SSSR count). The predicted octanol–water partition coefficient (Wildman–Crippen LogP) is 4.10. The fourth-order valence-electron chi connectivity index (χ4n) is 6.24. The van der Waals surface area contributed by atoms with Gasteiger partial charge in [0, 0.05) is 17.8 Å². The molecule has 3 aliphatic heterocycles. The van der Waals surface area contributed by atoms with Crippen molar-refractivity contribution in [3.8, 4) is 0 Å².